The van der Waals surface area contributed by atoms with E-state index in [4.69, 9.17) is 10.5 Å². The number of nitrogen functional groups attached to an aromatic ring is 1. The minimum Gasteiger partial charge on any atom is -0.460 e. The zero-order valence-electron chi connectivity index (χ0n) is 13.1. The quantitative estimate of drug-likeness (QED) is 0.769. The minimum atomic E-state index is -0.392. The van der Waals surface area contributed by atoms with Crippen molar-refractivity contribution in [3.63, 3.8) is 0 Å². The topological polar surface area (TPSA) is 76.6 Å². The summed E-state index contributed by atoms with van der Waals surface area (Å²) < 4.78 is 6.85. The van der Waals surface area contributed by atoms with Crippen molar-refractivity contribution in [2.24, 2.45) is 7.05 Å². The lowest BCUT2D eigenvalue weighted by atomic mass is 10.2. The Bertz CT molecular complexity index is 492. The third-order valence-corrected chi connectivity index (χ3v) is 3.93. The van der Waals surface area contributed by atoms with Crippen LogP contribution in [0.4, 0.5) is 5.69 Å². The van der Waals surface area contributed by atoms with E-state index in [0.29, 0.717) is 24.4 Å². The summed E-state index contributed by atoms with van der Waals surface area (Å²) in [4.78, 5) is 16.7. The molecule has 0 radical (unpaired) electrons. The molecule has 1 aliphatic rings. The van der Waals surface area contributed by atoms with E-state index < -0.39 is 5.97 Å². The first-order valence-electron chi connectivity index (χ1n) is 7.42. The number of aryl methyl sites for hydroxylation is 2. The number of esters is 1. The van der Waals surface area contributed by atoms with Gasteiger partial charge in [0.2, 0.25) is 0 Å². The highest BCUT2D eigenvalue weighted by Gasteiger charge is 2.21. The Morgan fingerprint density at radius 3 is 2.52 bits per heavy atom. The van der Waals surface area contributed by atoms with Crippen LogP contribution in [0.15, 0.2) is 0 Å². The molecule has 0 amide bonds. The van der Waals surface area contributed by atoms with E-state index in [1.54, 1.807) is 7.05 Å². The Morgan fingerprint density at radius 2 is 1.95 bits per heavy atom. The predicted molar refractivity (Wildman–Crippen MR) is 81.2 cm³/mol. The number of hydrogen-bond donors (Lipinski definition) is 1. The van der Waals surface area contributed by atoms with Gasteiger partial charge in [-0.1, -0.05) is 6.92 Å². The third kappa shape index (κ3) is 3.74. The normalized spacial score (nSPS) is 17.1. The molecule has 1 aliphatic heterocycles. The van der Waals surface area contributed by atoms with Crippen LogP contribution in [-0.4, -0.2) is 71.9 Å². The minimum absolute atomic E-state index is 0.352. The molecule has 118 valence electrons. The number of ether oxygens (including phenoxy) is 1. The molecule has 0 aromatic carbocycles. The fourth-order valence-electron chi connectivity index (χ4n) is 2.51. The Morgan fingerprint density at radius 1 is 1.29 bits per heavy atom. The molecule has 0 atom stereocenters. The van der Waals surface area contributed by atoms with Gasteiger partial charge in [-0.05, 0) is 13.5 Å². The van der Waals surface area contributed by atoms with Gasteiger partial charge in [0.25, 0.3) is 0 Å². The van der Waals surface area contributed by atoms with Gasteiger partial charge in [0, 0.05) is 39.8 Å². The van der Waals surface area contributed by atoms with Gasteiger partial charge in [0.1, 0.15) is 6.61 Å². The first-order valence-corrected chi connectivity index (χ1v) is 7.42. The molecule has 21 heavy (non-hydrogen) atoms. The number of rotatable bonds is 5. The van der Waals surface area contributed by atoms with Crippen molar-refractivity contribution < 1.29 is 9.53 Å². The van der Waals surface area contributed by atoms with E-state index in [1.807, 2.05) is 6.92 Å². The van der Waals surface area contributed by atoms with Crippen LogP contribution in [0.3, 0.4) is 0 Å². The summed E-state index contributed by atoms with van der Waals surface area (Å²) in [6.45, 7) is 7.25. The number of hydrogen-bond acceptors (Lipinski definition) is 6. The number of nitrogens with zero attached hydrogens (tertiary/aromatic N) is 4. The molecule has 1 aromatic rings. The second-order valence-corrected chi connectivity index (χ2v) is 5.47. The predicted octanol–water partition coefficient (Wildman–Crippen LogP) is -0.0311. The number of carbonyl (C=O) groups is 1. The second kappa shape index (κ2) is 6.91. The zero-order chi connectivity index (χ0) is 15.4. The van der Waals surface area contributed by atoms with Gasteiger partial charge in [0.05, 0.1) is 11.4 Å². The van der Waals surface area contributed by atoms with Gasteiger partial charge >= 0.3 is 5.97 Å². The van der Waals surface area contributed by atoms with E-state index in [0.717, 1.165) is 38.4 Å². The Kier molecular flexibility index (Phi) is 5.19. The molecule has 1 fully saturated rings. The van der Waals surface area contributed by atoms with Crippen LogP contribution in [0.1, 0.15) is 23.1 Å². The average molecular weight is 295 g/mol. The molecular formula is C14H25N5O2. The Hall–Kier alpha value is -1.60. The van der Waals surface area contributed by atoms with Crippen molar-refractivity contribution in [2.75, 3.05) is 52.1 Å². The van der Waals surface area contributed by atoms with Gasteiger partial charge in [-0.3, -0.25) is 9.58 Å². The van der Waals surface area contributed by atoms with Gasteiger partial charge in [-0.2, -0.15) is 5.10 Å². The van der Waals surface area contributed by atoms with E-state index in [1.165, 1.54) is 4.68 Å². The summed E-state index contributed by atoms with van der Waals surface area (Å²) in [5, 5.41) is 4.23. The molecule has 7 nitrogen and oxygen atoms in total. The number of nitrogens with two attached hydrogens (primary N) is 1. The maximum absolute atomic E-state index is 12.1. The zero-order valence-corrected chi connectivity index (χ0v) is 13.1. The van der Waals surface area contributed by atoms with Crippen LogP contribution in [0.2, 0.25) is 0 Å². The second-order valence-electron chi connectivity index (χ2n) is 5.47. The van der Waals surface area contributed by atoms with Crippen molar-refractivity contribution in [3.8, 4) is 0 Å². The SMILES string of the molecule is CCc1nn(C)c(C(=O)OCCN2CCN(C)CC2)c1N. The Labute approximate surface area is 125 Å². The first kappa shape index (κ1) is 15.8. The molecule has 7 heteroatoms. The standard InChI is InChI=1S/C14H25N5O2/c1-4-11-12(15)13(18(3)16-11)14(20)21-10-9-19-7-5-17(2)6-8-19/h4-10,15H2,1-3H3. The van der Waals surface area contributed by atoms with E-state index in [2.05, 4.69) is 21.9 Å². The lowest BCUT2D eigenvalue weighted by Gasteiger charge is -2.32. The maximum Gasteiger partial charge on any atom is 0.358 e. The summed E-state index contributed by atoms with van der Waals surface area (Å²) in [5.74, 6) is -0.392. The van der Waals surface area contributed by atoms with Gasteiger partial charge < -0.3 is 15.4 Å². The van der Waals surface area contributed by atoms with Crippen molar-refractivity contribution in [2.45, 2.75) is 13.3 Å². The van der Waals surface area contributed by atoms with Crippen LogP contribution < -0.4 is 5.73 Å². The number of anilines is 1. The van der Waals surface area contributed by atoms with Crippen LogP contribution in [0.5, 0.6) is 0 Å². The highest BCUT2D eigenvalue weighted by atomic mass is 16.5. The van der Waals surface area contributed by atoms with Crippen LogP contribution in [-0.2, 0) is 18.2 Å². The van der Waals surface area contributed by atoms with Crippen molar-refractivity contribution in [1.29, 1.82) is 0 Å². The van der Waals surface area contributed by atoms with Crippen LogP contribution >= 0.6 is 0 Å². The molecule has 0 aliphatic carbocycles. The molecule has 0 saturated carbocycles. The monoisotopic (exact) mass is 295 g/mol. The first-order chi connectivity index (χ1) is 10.0. The van der Waals surface area contributed by atoms with Gasteiger partial charge in [-0.15, -0.1) is 0 Å². The molecule has 2 heterocycles. The van der Waals surface area contributed by atoms with E-state index >= 15 is 0 Å². The lowest BCUT2D eigenvalue weighted by Crippen LogP contribution is -2.45. The molecule has 0 spiro atoms. The van der Waals surface area contributed by atoms with Crippen LogP contribution in [0, 0.1) is 0 Å². The molecule has 2 rings (SSSR count). The highest BCUT2D eigenvalue weighted by Crippen LogP contribution is 2.17. The molecular weight excluding hydrogens is 270 g/mol. The molecule has 0 unspecified atom stereocenters. The lowest BCUT2D eigenvalue weighted by molar-refractivity contribution is 0.0421. The number of aromatic nitrogens is 2. The summed E-state index contributed by atoms with van der Waals surface area (Å²) in [6, 6.07) is 0. The Balaban J connectivity index is 1.83. The number of piperazine rings is 1. The molecule has 1 aromatic heterocycles. The van der Waals surface area contributed by atoms with E-state index in [9.17, 15) is 4.79 Å². The van der Waals surface area contributed by atoms with Gasteiger partial charge in [-0.25, -0.2) is 4.79 Å². The largest absolute Gasteiger partial charge is 0.460 e. The van der Waals surface area contributed by atoms with Crippen molar-refractivity contribution >= 4 is 11.7 Å². The van der Waals surface area contributed by atoms with Crippen molar-refractivity contribution in [1.82, 2.24) is 19.6 Å². The fourth-order valence-corrected chi connectivity index (χ4v) is 2.51. The summed E-state index contributed by atoms with van der Waals surface area (Å²) in [7, 11) is 3.83. The van der Waals surface area contributed by atoms with E-state index in [-0.39, 0.29) is 0 Å². The molecule has 2 N–H and O–H groups in total. The third-order valence-electron chi connectivity index (χ3n) is 3.93. The maximum atomic E-state index is 12.1. The summed E-state index contributed by atoms with van der Waals surface area (Å²) >= 11 is 0. The van der Waals surface area contributed by atoms with Gasteiger partial charge in [0.15, 0.2) is 5.69 Å². The van der Waals surface area contributed by atoms with Crippen molar-refractivity contribution in [3.05, 3.63) is 11.4 Å². The highest BCUT2D eigenvalue weighted by molar-refractivity contribution is 5.93. The number of likely N-dealkylation sites (N-methyl/N-ethyl adjacent to an activating group) is 1. The fraction of sp³-hybridized carbons (Fsp3) is 0.714. The van der Waals surface area contributed by atoms with Crippen LogP contribution in [0.25, 0.3) is 0 Å². The smallest absolute Gasteiger partial charge is 0.358 e. The summed E-state index contributed by atoms with van der Waals surface area (Å²) in [5.41, 5.74) is 7.47. The average Bonchev–Trinajstić information content (AvgIpc) is 2.75. The molecule has 0 bridgehead atoms. The number of carbonyl (C=O) groups excluding carboxylic acids is 1. The molecule has 1 saturated heterocycles. The summed E-state index contributed by atoms with van der Waals surface area (Å²) in [6.07, 6.45) is 0.703.